The Labute approximate surface area is 127 Å². The van der Waals surface area contributed by atoms with Crippen LogP contribution in [-0.4, -0.2) is 31.6 Å². The molecule has 0 unspecified atom stereocenters. The van der Waals surface area contributed by atoms with Crippen LogP contribution in [0.3, 0.4) is 0 Å². The first-order valence-corrected chi connectivity index (χ1v) is 6.25. The van der Waals surface area contributed by atoms with E-state index in [2.05, 4.69) is 50.2 Å². The summed E-state index contributed by atoms with van der Waals surface area (Å²) >= 11 is 0. The first-order chi connectivity index (χ1) is 9.93. The van der Waals surface area contributed by atoms with Gasteiger partial charge in [0.15, 0.2) is 0 Å². The molecule has 1 heterocycles. The fourth-order valence-corrected chi connectivity index (χ4v) is 1.93. The van der Waals surface area contributed by atoms with Gasteiger partial charge < -0.3 is 5.32 Å². The second-order valence-electron chi connectivity index (χ2n) is 4.18. The average Bonchev–Trinajstić information content (AvgIpc) is 3.03. The normalized spacial score (nSPS) is 9.52. The summed E-state index contributed by atoms with van der Waals surface area (Å²) in [6.07, 6.45) is 1.90. The van der Waals surface area contributed by atoms with Crippen LogP contribution in [0.5, 0.6) is 0 Å². The number of hydrogen-bond donors (Lipinski definition) is 2. The van der Waals surface area contributed by atoms with Gasteiger partial charge in [0.2, 0.25) is 5.95 Å². The third-order valence-electron chi connectivity index (χ3n) is 2.87. The third-order valence-corrected chi connectivity index (χ3v) is 2.87. The van der Waals surface area contributed by atoms with Crippen LogP contribution in [0.4, 0.5) is 5.95 Å². The predicted molar refractivity (Wildman–Crippen MR) is 89.1 cm³/mol. The molecule has 6 heteroatoms. The van der Waals surface area contributed by atoms with E-state index in [4.69, 9.17) is 0 Å². The van der Waals surface area contributed by atoms with Gasteiger partial charge >= 0.3 is 0 Å². The molecule has 3 rings (SSSR count). The minimum Gasteiger partial charge on any atom is -0.329 e. The fraction of sp³-hybridized carbons (Fsp3) is 0. The zero-order valence-corrected chi connectivity index (χ0v) is 10.7. The lowest BCUT2D eigenvalue weighted by Crippen LogP contribution is -1.95. The van der Waals surface area contributed by atoms with Crippen LogP contribution < -0.4 is 5.32 Å². The number of nitrogens with one attached hydrogen (secondary N) is 2. The lowest BCUT2D eigenvalue weighted by Gasteiger charge is -2.08. The number of tetrazole rings is 1. The van der Waals surface area contributed by atoms with Gasteiger partial charge in [-0.15, -0.1) is 0 Å². The molecular formula is C15H17N5Si. The summed E-state index contributed by atoms with van der Waals surface area (Å²) in [4.78, 5) is 0. The van der Waals surface area contributed by atoms with E-state index in [1.54, 1.807) is 0 Å². The molecule has 2 N–H and O–H groups in total. The summed E-state index contributed by atoms with van der Waals surface area (Å²) in [6, 6.07) is 20.3. The predicted octanol–water partition coefficient (Wildman–Crippen LogP) is 1.25. The second kappa shape index (κ2) is 7.16. The maximum absolute atomic E-state index is 3.80. The maximum Gasteiger partial charge on any atom is 0.244 e. The van der Waals surface area contributed by atoms with Crippen molar-refractivity contribution in [3.63, 3.8) is 0 Å². The van der Waals surface area contributed by atoms with Gasteiger partial charge in [-0.1, -0.05) is 65.8 Å². The highest BCUT2D eigenvalue weighted by atomic mass is 28.1. The summed E-state index contributed by atoms with van der Waals surface area (Å²) in [5.41, 5.74) is 3.32. The Morgan fingerprint density at radius 2 is 1.48 bits per heavy atom. The zero-order valence-electron chi connectivity index (χ0n) is 10.7. The SMILES string of the molecule is C(Nc1nnn[nH]1)=C(c1ccccc1)c1ccccc1.[SiH4]. The molecule has 2 aromatic carbocycles. The number of aromatic amines is 1. The highest BCUT2D eigenvalue weighted by Gasteiger charge is 2.04. The molecule has 21 heavy (non-hydrogen) atoms. The first-order valence-electron chi connectivity index (χ1n) is 6.25. The van der Waals surface area contributed by atoms with Crippen molar-refractivity contribution in [2.24, 2.45) is 0 Å². The van der Waals surface area contributed by atoms with Crippen molar-refractivity contribution in [3.8, 4) is 0 Å². The molecule has 0 aliphatic carbocycles. The topological polar surface area (TPSA) is 66.5 Å². The molecule has 106 valence electrons. The summed E-state index contributed by atoms with van der Waals surface area (Å²) in [7, 11) is 0. The number of benzene rings is 2. The summed E-state index contributed by atoms with van der Waals surface area (Å²) in [5.74, 6) is 0.509. The number of aromatic nitrogens is 4. The molecule has 5 nitrogen and oxygen atoms in total. The van der Waals surface area contributed by atoms with Crippen molar-refractivity contribution in [2.45, 2.75) is 0 Å². The van der Waals surface area contributed by atoms with Gasteiger partial charge in [-0.2, -0.15) is 0 Å². The Kier molecular flexibility index (Phi) is 5.00. The molecule has 0 radical (unpaired) electrons. The number of hydrogen-bond acceptors (Lipinski definition) is 4. The van der Waals surface area contributed by atoms with Crippen LogP contribution >= 0.6 is 0 Å². The van der Waals surface area contributed by atoms with E-state index in [0.29, 0.717) is 5.95 Å². The van der Waals surface area contributed by atoms with Gasteiger partial charge in [0.1, 0.15) is 0 Å². The van der Waals surface area contributed by atoms with Crippen molar-refractivity contribution in [3.05, 3.63) is 78.0 Å². The van der Waals surface area contributed by atoms with E-state index in [9.17, 15) is 0 Å². The summed E-state index contributed by atoms with van der Waals surface area (Å²) < 4.78 is 0. The number of nitrogens with zero attached hydrogens (tertiary/aromatic N) is 3. The van der Waals surface area contributed by atoms with Crippen molar-refractivity contribution in [1.29, 1.82) is 0 Å². The first kappa shape index (κ1) is 14.7. The number of H-pyrrole nitrogens is 1. The monoisotopic (exact) mass is 295 g/mol. The van der Waals surface area contributed by atoms with Crippen LogP contribution in [-0.2, 0) is 0 Å². The molecule has 0 saturated heterocycles. The van der Waals surface area contributed by atoms with Gasteiger partial charge in [-0.25, -0.2) is 5.10 Å². The van der Waals surface area contributed by atoms with E-state index in [1.165, 1.54) is 0 Å². The maximum atomic E-state index is 3.80. The molecule has 0 saturated carbocycles. The largest absolute Gasteiger partial charge is 0.329 e. The van der Waals surface area contributed by atoms with Crippen LogP contribution in [0.2, 0.25) is 0 Å². The molecular weight excluding hydrogens is 278 g/mol. The Hall–Kier alpha value is -2.73. The Morgan fingerprint density at radius 3 is 1.95 bits per heavy atom. The van der Waals surface area contributed by atoms with Crippen molar-refractivity contribution in [1.82, 2.24) is 20.6 Å². The van der Waals surface area contributed by atoms with E-state index in [-0.39, 0.29) is 11.0 Å². The van der Waals surface area contributed by atoms with Crippen LogP contribution in [0.1, 0.15) is 11.1 Å². The summed E-state index contributed by atoms with van der Waals surface area (Å²) in [6.45, 7) is 0. The molecule has 0 aliphatic heterocycles. The van der Waals surface area contributed by atoms with E-state index in [0.717, 1.165) is 16.7 Å². The highest BCUT2D eigenvalue weighted by Crippen LogP contribution is 2.22. The van der Waals surface area contributed by atoms with Gasteiger partial charge in [-0.3, -0.25) is 0 Å². The smallest absolute Gasteiger partial charge is 0.244 e. The summed E-state index contributed by atoms with van der Waals surface area (Å²) in [5, 5.41) is 16.6. The van der Waals surface area contributed by atoms with Gasteiger partial charge in [-0.05, 0) is 32.5 Å². The third kappa shape index (κ3) is 3.64. The van der Waals surface area contributed by atoms with Crippen LogP contribution in [0, 0.1) is 0 Å². The molecule has 0 fully saturated rings. The van der Waals surface area contributed by atoms with Gasteiger partial charge in [0, 0.05) is 11.8 Å². The van der Waals surface area contributed by atoms with Gasteiger partial charge in [0.05, 0.1) is 0 Å². The number of rotatable bonds is 4. The molecule has 0 aliphatic rings. The number of anilines is 1. The second-order valence-corrected chi connectivity index (χ2v) is 4.18. The minimum atomic E-state index is 0. The van der Waals surface area contributed by atoms with Crippen molar-refractivity contribution >= 4 is 22.5 Å². The van der Waals surface area contributed by atoms with Crippen LogP contribution in [0.25, 0.3) is 5.57 Å². The van der Waals surface area contributed by atoms with E-state index in [1.807, 2.05) is 42.6 Å². The molecule has 0 atom stereocenters. The zero-order chi connectivity index (χ0) is 13.6. The fourth-order valence-electron chi connectivity index (χ4n) is 1.93. The van der Waals surface area contributed by atoms with E-state index >= 15 is 0 Å². The molecule has 0 amide bonds. The Bertz CT molecular complexity index is 639. The van der Waals surface area contributed by atoms with Crippen molar-refractivity contribution in [2.75, 3.05) is 5.32 Å². The molecule has 1 aromatic heterocycles. The van der Waals surface area contributed by atoms with Gasteiger partial charge in [0.25, 0.3) is 0 Å². The highest BCUT2D eigenvalue weighted by molar-refractivity contribution is 5.80. The van der Waals surface area contributed by atoms with Crippen LogP contribution in [0.15, 0.2) is 66.9 Å². The van der Waals surface area contributed by atoms with Crippen molar-refractivity contribution < 1.29 is 0 Å². The average molecular weight is 295 g/mol. The molecule has 0 spiro atoms. The standard InChI is InChI=1S/C15H13N5.H4Si/c1-3-7-12(8-4-1)14(13-9-5-2-6-10-13)11-16-15-17-19-20-18-15;/h1-11H,(H2,16,17,18,19,20);1H4. The quantitative estimate of drug-likeness (QED) is 0.711. The Balaban J connectivity index is 0.00000161. The molecule has 3 aromatic rings. The lowest BCUT2D eigenvalue weighted by atomic mass is 9.99. The minimum absolute atomic E-state index is 0. The van der Waals surface area contributed by atoms with E-state index < -0.39 is 0 Å². The lowest BCUT2D eigenvalue weighted by molar-refractivity contribution is 0.881. The Morgan fingerprint density at radius 1 is 0.905 bits per heavy atom. The molecule has 0 bridgehead atoms.